The van der Waals surface area contributed by atoms with Crippen LogP contribution in [0.1, 0.15) is 12.8 Å². The first-order chi connectivity index (χ1) is 4.34. The van der Waals surface area contributed by atoms with Gasteiger partial charge in [0.05, 0.1) is 17.7 Å². The molecule has 1 aliphatic rings. The molecule has 1 unspecified atom stereocenters. The quantitative estimate of drug-likeness (QED) is 0.546. The van der Waals surface area contributed by atoms with Gasteiger partial charge >= 0.3 is 0 Å². The van der Waals surface area contributed by atoms with Crippen LogP contribution in [0.5, 0.6) is 0 Å². The number of ketones is 1. The number of hydrogen-bond acceptors (Lipinski definition) is 3. The second-order valence-corrected chi connectivity index (χ2v) is 3.25. The highest BCUT2D eigenvalue weighted by Gasteiger charge is 2.23. The molecule has 1 atom stereocenters. The van der Waals surface area contributed by atoms with Gasteiger partial charge in [0, 0.05) is 12.2 Å². The lowest BCUT2D eigenvalue weighted by molar-refractivity contribution is -0.117. The first-order valence-corrected chi connectivity index (χ1v) is 3.90. The van der Waals surface area contributed by atoms with E-state index in [9.17, 15) is 4.79 Å². The molecule has 1 heterocycles. The number of hydrogen-bond donors (Lipinski definition) is 0. The molecule has 0 aromatic carbocycles. The molecule has 0 N–H and O–H groups in total. The van der Waals surface area contributed by atoms with E-state index >= 15 is 0 Å². The van der Waals surface area contributed by atoms with Gasteiger partial charge in [0.15, 0.2) is 0 Å². The lowest BCUT2D eigenvalue weighted by Crippen LogP contribution is -2.08. The van der Waals surface area contributed by atoms with Crippen molar-refractivity contribution in [3.05, 3.63) is 0 Å². The molecule has 9 heavy (non-hydrogen) atoms. The van der Waals surface area contributed by atoms with Gasteiger partial charge in [0.1, 0.15) is 5.78 Å². The summed E-state index contributed by atoms with van der Waals surface area (Å²) in [5.74, 6) is 1.16. The van der Waals surface area contributed by atoms with Crippen molar-refractivity contribution in [3.63, 3.8) is 0 Å². The van der Waals surface area contributed by atoms with Crippen molar-refractivity contribution in [1.29, 1.82) is 5.26 Å². The molecule has 0 bridgehead atoms. The topological polar surface area (TPSA) is 40.9 Å². The smallest absolute Gasteiger partial charge is 0.147 e. The van der Waals surface area contributed by atoms with E-state index in [0.29, 0.717) is 12.8 Å². The van der Waals surface area contributed by atoms with Crippen LogP contribution in [0, 0.1) is 11.3 Å². The van der Waals surface area contributed by atoms with E-state index in [1.165, 1.54) is 0 Å². The predicted octanol–water partition coefficient (Wildman–Crippen LogP) is 0.975. The number of carbonyl (C=O) groups excluding carboxylic acids is 1. The number of carbonyl (C=O) groups is 1. The highest BCUT2D eigenvalue weighted by molar-refractivity contribution is 8.01. The van der Waals surface area contributed by atoms with Crippen molar-refractivity contribution in [1.82, 2.24) is 0 Å². The summed E-state index contributed by atoms with van der Waals surface area (Å²) in [6, 6.07) is 2.00. The number of nitriles is 1. The maximum atomic E-state index is 10.8. The zero-order chi connectivity index (χ0) is 6.69. The van der Waals surface area contributed by atoms with Gasteiger partial charge in [-0.25, -0.2) is 0 Å². The molecular formula is C6H7NOS. The molecule has 0 radical (unpaired) electrons. The van der Waals surface area contributed by atoms with Gasteiger partial charge in [-0.05, 0) is 0 Å². The first kappa shape index (κ1) is 6.63. The molecule has 0 saturated carbocycles. The van der Waals surface area contributed by atoms with E-state index in [4.69, 9.17) is 5.26 Å². The Balaban J connectivity index is 2.42. The van der Waals surface area contributed by atoms with Crippen LogP contribution in [-0.4, -0.2) is 16.8 Å². The standard InChI is InChI=1S/C6H7NOS/c7-3-1-6-5(8)2-4-9-6/h6H,1-2,4H2. The molecule has 0 spiro atoms. The maximum Gasteiger partial charge on any atom is 0.147 e. The average Bonchev–Trinajstić information content (AvgIpc) is 2.18. The number of Topliss-reactive ketones (excluding diaryl/α,β-unsaturated/α-hetero) is 1. The van der Waals surface area contributed by atoms with Crippen LogP contribution in [0.3, 0.4) is 0 Å². The van der Waals surface area contributed by atoms with Crippen LogP contribution in [0.25, 0.3) is 0 Å². The van der Waals surface area contributed by atoms with Crippen molar-refractivity contribution >= 4 is 17.5 Å². The second-order valence-electron chi connectivity index (χ2n) is 1.94. The first-order valence-electron chi connectivity index (χ1n) is 2.86. The summed E-state index contributed by atoms with van der Waals surface area (Å²) in [5.41, 5.74) is 0. The average molecular weight is 141 g/mol. The van der Waals surface area contributed by atoms with Crippen LogP contribution in [-0.2, 0) is 4.79 Å². The molecule has 1 saturated heterocycles. The van der Waals surface area contributed by atoms with Gasteiger partial charge in [-0.2, -0.15) is 5.26 Å². The van der Waals surface area contributed by atoms with E-state index in [1.54, 1.807) is 11.8 Å². The lowest BCUT2D eigenvalue weighted by Gasteiger charge is -1.96. The number of nitrogens with zero attached hydrogens (tertiary/aromatic N) is 1. The minimum Gasteiger partial charge on any atom is -0.298 e. The van der Waals surface area contributed by atoms with Crippen molar-refractivity contribution in [2.45, 2.75) is 18.1 Å². The van der Waals surface area contributed by atoms with Crippen LogP contribution in [0.2, 0.25) is 0 Å². The fraction of sp³-hybridized carbons (Fsp3) is 0.667. The van der Waals surface area contributed by atoms with Crippen molar-refractivity contribution in [2.75, 3.05) is 5.75 Å². The Labute approximate surface area is 58.2 Å². The normalized spacial score (nSPS) is 26.1. The summed E-state index contributed by atoms with van der Waals surface area (Å²) in [7, 11) is 0. The molecule has 1 fully saturated rings. The number of rotatable bonds is 1. The van der Waals surface area contributed by atoms with E-state index in [0.717, 1.165) is 5.75 Å². The van der Waals surface area contributed by atoms with Gasteiger partial charge in [0.25, 0.3) is 0 Å². The summed E-state index contributed by atoms with van der Waals surface area (Å²) >= 11 is 1.60. The molecule has 48 valence electrons. The third-order valence-electron chi connectivity index (χ3n) is 1.30. The summed E-state index contributed by atoms with van der Waals surface area (Å²) < 4.78 is 0. The van der Waals surface area contributed by atoms with E-state index in [-0.39, 0.29) is 11.0 Å². The van der Waals surface area contributed by atoms with Crippen molar-refractivity contribution in [2.24, 2.45) is 0 Å². The van der Waals surface area contributed by atoms with Gasteiger partial charge < -0.3 is 0 Å². The highest BCUT2D eigenvalue weighted by Crippen LogP contribution is 2.24. The predicted molar refractivity (Wildman–Crippen MR) is 36.1 cm³/mol. The third-order valence-corrected chi connectivity index (χ3v) is 2.58. The van der Waals surface area contributed by atoms with Crippen LogP contribution in [0.15, 0.2) is 0 Å². The van der Waals surface area contributed by atoms with Crippen molar-refractivity contribution < 1.29 is 4.79 Å². The summed E-state index contributed by atoms with van der Waals surface area (Å²) in [5, 5.41) is 8.22. The Bertz CT molecular complexity index is 161. The SMILES string of the molecule is N#CCC1SCCC1=O. The van der Waals surface area contributed by atoms with Gasteiger partial charge in [-0.15, -0.1) is 11.8 Å². The Morgan fingerprint density at radius 3 is 3.11 bits per heavy atom. The molecule has 0 aromatic rings. The zero-order valence-corrected chi connectivity index (χ0v) is 5.78. The van der Waals surface area contributed by atoms with E-state index in [2.05, 4.69) is 0 Å². The molecule has 0 aromatic heterocycles. The number of thioether (sulfide) groups is 1. The van der Waals surface area contributed by atoms with E-state index < -0.39 is 0 Å². The Hall–Kier alpha value is -0.490. The third kappa shape index (κ3) is 1.46. The Morgan fingerprint density at radius 1 is 1.89 bits per heavy atom. The van der Waals surface area contributed by atoms with E-state index in [1.807, 2.05) is 6.07 Å². The maximum absolute atomic E-state index is 10.8. The van der Waals surface area contributed by atoms with Crippen LogP contribution in [0.4, 0.5) is 0 Å². The highest BCUT2D eigenvalue weighted by atomic mass is 32.2. The molecule has 0 amide bonds. The van der Waals surface area contributed by atoms with Gasteiger partial charge in [-0.1, -0.05) is 0 Å². The van der Waals surface area contributed by atoms with Crippen LogP contribution < -0.4 is 0 Å². The molecule has 1 rings (SSSR count). The molecule has 2 nitrogen and oxygen atoms in total. The van der Waals surface area contributed by atoms with Gasteiger partial charge in [-0.3, -0.25) is 4.79 Å². The summed E-state index contributed by atoms with van der Waals surface area (Å²) in [6.07, 6.45) is 1.06. The van der Waals surface area contributed by atoms with Gasteiger partial charge in [0.2, 0.25) is 0 Å². The molecular weight excluding hydrogens is 134 g/mol. The van der Waals surface area contributed by atoms with Crippen molar-refractivity contribution in [3.8, 4) is 6.07 Å². The Kier molecular flexibility index (Phi) is 2.12. The summed E-state index contributed by atoms with van der Waals surface area (Å²) in [6.45, 7) is 0. The molecule has 0 aliphatic carbocycles. The minimum absolute atomic E-state index is 0.00463. The largest absolute Gasteiger partial charge is 0.298 e. The fourth-order valence-electron chi connectivity index (χ4n) is 0.811. The summed E-state index contributed by atoms with van der Waals surface area (Å²) in [4.78, 5) is 10.8. The fourth-order valence-corrected chi connectivity index (χ4v) is 1.91. The molecule has 3 heteroatoms. The lowest BCUT2D eigenvalue weighted by atomic mass is 10.2. The zero-order valence-electron chi connectivity index (χ0n) is 4.96. The van der Waals surface area contributed by atoms with Crippen LogP contribution >= 0.6 is 11.8 Å². The molecule has 1 aliphatic heterocycles. The minimum atomic E-state index is -0.00463. The Morgan fingerprint density at radius 2 is 2.67 bits per heavy atom. The second kappa shape index (κ2) is 2.88. The monoisotopic (exact) mass is 141 g/mol.